The van der Waals surface area contributed by atoms with Gasteiger partial charge >= 0.3 is 6.03 Å². The van der Waals surface area contributed by atoms with Crippen molar-refractivity contribution in [3.63, 3.8) is 0 Å². The third kappa shape index (κ3) is 5.80. The molecule has 2 amide bonds. The lowest BCUT2D eigenvalue weighted by atomic mass is 11.2. The van der Waals surface area contributed by atoms with Gasteiger partial charge in [-0.25, -0.2) is 0 Å². The number of carbonyl (C=O) groups is 1. The fraction of sp³-hybridized carbons (Fsp3) is 0. The summed E-state index contributed by atoms with van der Waals surface area (Å²) in [6, 6.07) is -0.492. The van der Waals surface area contributed by atoms with Crippen molar-refractivity contribution >= 4 is 28.7 Å². The van der Waals surface area contributed by atoms with Crippen LogP contribution in [0, 0.1) is 0 Å². The number of thiol groups is 1. The summed E-state index contributed by atoms with van der Waals surface area (Å²) < 4.78 is 2.52. The molecule has 42 valence electrons. The van der Waals surface area contributed by atoms with E-state index in [1.807, 2.05) is 0 Å². The Bertz CT molecular complexity index is 68.0. The van der Waals surface area contributed by atoms with Crippen molar-refractivity contribution in [2.45, 2.75) is 0 Å². The molecule has 7 heavy (non-hydrogen) atoms. The molecule has 0 aromatic rings. The van der Waals surface area contributed by atoms with E-state index >= 15 is 0 Å². The molecule has 0 bridgehead atoms. The van der Waals surface area contributed by atoms with Gasteiger partial charge in [0.1, 0.15) is 0 Å². The molecule has 0 radical (unpaired) electrons. The summed E-state index contributed by atoms with van der Waals surface area (Å²) in [5.41, 5.74) is 4.69. The first-order chi connectivity index (χ1) is 3.27. The van der Waals surface area contributed by atoms with Crippen LogP contribution in [0.4, 0.5) is 4.79 Å². The average Bonchev–Trinajstić information content (AvgIpc) is 1.61. The Kier molecular flexibility index (Phi) is 3.85. The normalized spacial score (nSPS) is 9.86. The summed E-state index contributed by atoms with van der Waals surface area (Å²) >= 11 is 3.64. The summed E-state index contributed by atoms with van der Waals surface area (Å²) in [4.78, 5) is 12.2. The van der Waals surface area contributed by atoms with Gasteiger partial charge in [0.15, 0.2) is 0 Å². The van der Waals surface area contributed by atoms with Gasteiger partial charge in [0.2, 0.25) is 9.84 Å². The SMILES string of the molecule is NC(=O)N[SiH2]NS. The maximum absolute atomic E-state index is 9.83. The topological polar surface area (TPSA) is 67.2 Å². The summed E-state index contributed by atoms with van der Waals surface area (Å²) in [6.45, 7) is 0. The zero-order valence-corrected chi connectivity index (χ0v) is 5.95. The highest BCUT2D eigenvalue weighted by Gasteiger charge is 1.84. The Balaban J connectivity index is 2.82. The van der Waals surface area contributed by atoms with E-state index < -0.39 is 15.9 Å². The van der Waals surface area contributed by atoms with Gasteiger partial charge < -0.3 is 10.7 Å². The predicted molar refractivity (Wildman–Crippen MR) is 33.4 cm³/mol. The number of nitrogens with two attached hydrogens (primary N) is 1. The zero-order valence-electron chi connectivity index (χ0n) is 3.64. The van der Waals surface area contributed by atoms with Crippen LogP contribution in [0.5, 0.6) is 0 Å². The zero-order chi connectivity index (χ0) is 5.70. The number of carbonyl (C=O) groups excluding carboxylic acids is 1. The number of hydrogen-bond acceptors (Lipinski definition) is 3. The first-order valence-electron chi connectivity index (χ1n) is 1.67. The average molecular weight is 137 g/mol. The molecule has 0 atom stereocenters. The van der Waals surface area contributed by atoms with Crippen molar-refractivity contribution in [2.24, 2.45) is 5.73 Å². The van der Waals surface area contributed by atoms with Crippen molar-refractivity contribution in [2.75, 3.05) is 0 Å². The minimum atomic E-state index is -0.736. The molecule has 4 nitrogen and oxygen atoms in total. The Morgan fingerprint density at radius 2 is 2.43 bits per heavy atom. The van der Waals surface area contributed by atoms with Crippen LogP contribution < -0.4 is 15.1 Å². The first kappa shape index (κ1) is 6.80. The molecular formula is CH7N3OSSi. The third-order valence-corrected chi connectivity index (χ3v) is 1.50. The number of nitrogens with one attached hydrogen (secondary N) is 2. The van der Waals surface area contributed by atoms with E-state index in [0.717, 1.165) is 0 Å². The van der Waals surface area contributed by atoms with Crippen molar-refractivity contribution in [3.05, 3.63) is 0 Å². The first-order valence-corrected chi connectivity index (χ1v) is 3.53. The lowest BCUT2D eigenvalue weighted by Gasteiger charge is -1.93. The number of primary amides is 1. The molecule has 0 rings (SSSR count). The molecule has 0 unspecified atom stereocenters. The molecule has 0 heterocycles. The highest BCUT2D eigenvalue weighted by atomic mass is 32.1. The molecule has 0 saturated heterocycles. The van der Waals surface area contributed by atoms with Crippen LogP contribution in [0.1, 0.15) is 0 Å². The lowest BCUT2D eigenvalue weighted by molar-refractivity contribution is 0.253. The molecule has 0 aliphatic rings. The summed E-state index contributed by atoms with van der Waals surface area (Å²) in [5, 5.41) is 0. The highest BCUT2D eigenvalue weighted by Crippen LogP contribution is 1.50. The quantitative estimate of drug-likeness (QED) is 0.265. The van der Waals surface area contributed by atoms with Crippen LogP contribution in [0.3, 0.4) is 0 Å². The van der Waals surface area contributed by atoms with Crippen LogP contribution in [0.2, 0.25) is 0 Å². The van der Waals surface area contributed by atoms with Gasteiger partial charge in [-0.15, -0.1) is 12.8 Å². The second-order valence-electron chi connectivity index (χ2n) is 0.876. The van der Waals surface area contributed by atoms with Crippen LogP contribution in [0.25, 0.3) is 0 Å². The Morgan fingerprint density at radius 1 is 1.86 bits per heavy atom. The Morgan fingerprint density at radius 3 is 2.57 bits per heavy atom. The molecule has 0 aromatic carbocycles. The minimum absolute atomic E-state index is 0.492. The second kappa shape index (κ2) is 3.97. The number of urea groups is 1. The number of hydrogen-bond donors (Lipinski definition) is 4. The smallest absolute Gasteiger partial charge is 0.304 e. The van der Waals surface area contributed by atoms with Crippen molar-refractivity contribution < 1.29 is 4.79 Å². The monoisotopic (exact) mass is 137 g/mol. The lowest BCUT2D eigenvalue weighted by Crippen LogP contribution is -2.37. The van der Waals surface area contributed by atoms with Crippen LogP contribution in [-0.4, -0.2) is 15.9 Å². The van der Waals surface area contributed by atoms with E-state index in [-0.39, 0.29) is 0 Å². The van der Waals surface area contributed by atoms with Gasteiger partial charge in [-0.2, -0.15) is 0 Å². The fourth-order valence-corrected chi connectivity index (χ4v) is 0.617. The summed E-state index contributed by atoms with van der Waals surface area (Å²) in [6.07, 6.45) is 0. The largest absolute Gasteiger partial charge is 0.356 e. The van der Waals surface area contributed by atoms with E-state index in [1.165, 1.54) is 0 Å². The highest BCUT2D eigenvalue weighted by molar-refractivity contribution is 7.79. The van der Waals surface area contributed by atoms with Gasteiger partial charge in [0, 0.05) is 0 Å². The van der Waals surface area contributed by atoms with E-state index in [9.17, 15) is 4.79 Å². The van der Waals surface area contributed by atoms with E-state index in [1.54, 1.807) is 0 Å². The Hall–Kier alpha value is -0.203. The molecule has 0 aliphatic heterocycles. The van der Waals surface area contributed by atoms with Crippen LogP contribution >= 0.6 is 12.8 Å². The maximum Gasteiger partial charge on any atom is 0.304 e. The molecule has 0 aromatic heterocycles. The molecule has 0 aliphatic carbocycles. The fourth-order valence-electron chi connectivity index (χ4n) is 0.127. The van der Waals surface area contributed by atoms with E-state index in [2.05, 4.69) is 27.9 Å². The van der Waals surface area contributed by atoms with Gasteiger partial charge in [-0.1, -0.05) is 0 Å². The minimum Gasteiger partial charge on any atom is -0.356 e. The van der Waals surface area contributed by atoms with Crippen molar-refractivity contribution in [3.8, 4) is 0 Å². The van der Waals surface area contributed by atoms with Crippen molar-refractivity contribution in [1.82, 2.24) is 9.37 Å². The molecule has 0 saturated carbocycles. The summed E-state index contributed by atoms with van der Waals surface area (Å²) in [5.74, 6) is 0. The Labute approximate surface area is 49.4 Å². The van der Waals surface area contributed by atoms with Gasteiger partial charge in [-0.3, -0.25) is 9.18 Å². The van der Waals surface area contributed by atoms with Crippen molar-refractivity contribution in [1.29, 1.82) is 0 Å². The molecule has 0 fully saturated rings. The van der Waals surface area contributed by atoms with E-state index in [4.69, 9.17) is 0 Å². The number of rotatable bonds is 2. The van der Waals surface area contributed by atoms with Gasteiger partial charge in [0.25, 0.3) is 0 Å². The maximum atomic E-state index is 9.83. The van der Waals surface area contributed by atoms with Crippen LogP contribution in [0.15, 0.2) is 0 Å². The molecule has 0 spiro atoms. The summed E-state index contributed by atoms with van der Waals surface area (Å²) in [7, 11) is -0.736. The van der Waals surface area contributed by atoms with E-state index in [0.29, 0.717) is 0 Å². The third-order valence-electron chi connectivity index (χ3n) is 0.342. The molecule has 6 heteroatoms. The van der Waals surface area contributed by atoms with Crippen LogP contribution in [-0.2, 0) is 0 Å². The standard InChI is InChI=1S/CH7N3OSSi/c2-1(5)3-7-4-6/h4,6H,7H2,(H3,2,3,5). The number of amides is 2. The molecular weight excluding hydrogens is 130 g/mol. The van der Waals surface area contributed by atoms with Gasteiger partial charge in [0.05, 0.1) is 0 Å². The predicted octanol–water partition coefficient (Wildman–Crippen LogP) is -1.91. The molecule has 4 N–H and O–H groups in total. The second-order valence-corrected chi connectivity index (χ2v) is 2.85. The van der Waals surface area contributed by atoms with Gasteiger partial charge in [-0.05, 0) is 0 Å².